The maximum atomic E-state index is 16.2. The van der Waals surface area contributed by atoms with Crippen molar-refractivity contribution in [2.45, 2.75) is 57.1 Å². The van der Waals surface area contributed by atoms with Gasteiger partial charge in [0.2, 0.25) is 5.82 Å². The van der Waals surface area contributed by atoms with Crippen molar-refractivity contribution in [1.29, 1.82) is 0 Å². The van der Waals surface area contributed by atoms with Gasteiger partial charge in [-0.25, -0.2) is 28.9 Å². The first-order valence-corrected chi connectivity index (χ1v) is 12.9. The van der Waals surface area contributed by atoms with Crippen LogP contribution in [0.5, 0.6) is 0 Å². The van der Waals surface area contributed by atoms with Crippen LogP contribution in [0, 0.1) is 0 Å². The van der Waals surface area contributed by atoms with E-state index in [1.807, 2.05) is 0 Å². The van der Waals surface area contributed by atoms with Crippen LogP contribution in [-0.2, 0) is 22.1 Å². The Hall–Kier alpha value is -4.59. The highest BCUT2D eigenvalue weighted by molar-refractivity contribution is 5.90. The molecule has 0 amide bonds. The zero-order chi connectivity index (χ0) is 30.2. The highest BCUT2D eigenvalue weighted by atomic mass is 19.4. The van der Waals surface area contributed by atoms with Crippen LogP contribution in [0.25, 0.3) is 11.2 Å². The normalized spacial score (nSPS) is 20.6. The number of rotatable bonds is 8. The first-order chi connectivity index (χ1) is 19.9. The SMILES string of the molecule is CC(C)Nc1nc(C(F)(F)F)nc2c1ncn2[C@@H]1O[C@H](Cc2ccccc2C(=O)O)[C@@H](OC(=O)c2ccccc2)[C@@H]1F. The monoisotopic (exact) mass is 587 g/mol. The minimum absolute atomic E-state index is 0.0509. The van der Waals surface area contributed by atoms with E-state index in [1.165, 1.54) is 30.3 Å². The Morgan fingerprint density at radius 1 is 1.10 bits per heavy atom. The highest BCUT2D eigenvalue weighted by Crippen LogP contribution is 2.39. The number of alkyl halides is 4. The largest absolute Gasteiger partial charge is 0.478 e. The minimum Gasteiger partial charge on any atom is -0.478 e. The molecule has 4 aromatic rings. The van der Waals surface area contributed by atoms with Crippen molar-refractivity contribution < 1.29 is 41.7 Å². The average molecular weight is 588 g/mol. The first kappa shape index (κ1) is 28.9. The molecule has 2 aromatic carbocycles. The Kier molecular flexibility index (Phi) is 7.82. The van der Waals surface area contributed by atoms with Crippen molar-refractivity contribution in [2.24, 2.45) is 0 Å². The summed E-state index contributed by atoms with van der Waals surface area (Å²) in [6, 6.07) is 13.5. The fourth-order valence-corrected chi connectivity index (χ4v) is 4.72. The van der Waals surface area contributed by atoms with Gasteiger partial charge in [-0.2, -0.15) is 13.2 Å². The molecule has 0 bridgehead atoms. The van der Waals surface area contributed by atoms with Gasteiger partial charge in [0.05, 0.1) is 17.5 Å². The molecule has 1 aliphatic rings. The van der Waals surface area contributed by atoms with E-state index in [0.29, 0.717) is 0 Å². The van der Waals surface area contributed by atoms with Crippen LogP contribution in [0.2, 0.25) is 0 Å². The lowest BCUT2D eigenvalue weighted by molar-refractivity contribution is -0.144. The maximum absolute atomic E-state index is 16.2. The summed E-state index contributed by atoms with van der Waals surface area (Å²) in [7, 11) is 0. The van der Waals surface area contributed by atoms with Crippen molar-refractivity contribution in [3.8, 4) is 0 Å². The molecule has 1 saturated heterocycles. The number of carboxylic acid groups (broad SMARTS) is 1. The average Bonchev–Trinajstić information content (AvgIpc) is 3.49. The number of aromatic carboxylic acids is 1. The summed E-state index contributed by atoms with van der Waals surface area (Å²) < 4.78 is 69.9. The molecule has 5 rings (SSSR count). The van der Waals surface area contributed by atoms with Crippen LogP contribution in [0.4, 0.5) is 23.4 Å². The van der Waals surface area contributed by atoms with Crippen molar-refractivity contribution in [2.75, 3.05) is 5.32 Å². The van der Waals surface area contributed by atoms with Crippen molar-refractivity contribution in [1.82, 2.24) is 19.5 Å². The number of hydrogen-bond acceptors (Lipinski definition) is 8. The number of ether oxygens (including phenoxy) is 2. The van der Waals surface area contributed by atoms with Gasteiger partial charge in [0, 0.05) is 12.5 Å². The smallest absolute Gasteiger partial charge is 0.451 e. The molecule has 2 aromatic heterocycles. The Labute approximate surface area is 236 Å². The van der Waals surface area contributed by atoms with E-state index in [9.17, 15) is 27.9 Å². The number of fused-ring (bicyclic) bond motifs is 1. The number of aromatic nitrogens is 4. The first-order valence-electron chi connectivity index (χ1n) is 12.9. The Morgan fingerprint density at radius 2 is 1.79 bits per heavy atom. The standard InChI is InChI=1S/C28H25F4N5O5/c1-14(2)34-22-20-23(36-27(35-22)28(30,31)32)37(13-33-20)24-19(29)21(42-26(40)15-8-4-3-5-9-15)18(41-24)12-16-10-6-7-11-17(16)25(38)39/h3-11,13-14,18-19,21,24H,12H2,1-2H3,(H,38,39)(H,34,35,36)/t18-,19+,21-,24-/m1/s1. The van der Waals surface area contributed by atoms with Gasteiger partial charge in [-0.3, -0.25) is 4.57 Å². The van der Waals surface area contributed by atoms with Crippen molar-refractivity contribution in [3.05, 3.63) is 83.4 Å². The van der Waals surface area contributed by atoms with E-state index in [0.717, 1.165) is 10.9 Å². The summed E-state index contributed by atoms with van der Waals surface area (Å²) in [6.07, 6.45) is -10.5. The number of carbonyl (C=O) groups is 2. The molecule has 0 saturated carbocycles. The second-order valence-corrected chi connectivity index (χ2v) is 9.93. The Morgan fingerprint density at radius 3 is 2.45 bits per heavy atom. The molecule has 10 nitrogen and oxygen atoms in total. The minimum atomic E-state index is -4.92. The summed E-state index contributed by atoms with van der Waals surface area (Å²) >= 11 is 0. The fraction of sp³-hybridized carbons (Fsp3) is 0.321. The molecule has 0 radical (unpaired) electrons. The lowest BCUT2D eigenvalue weighted by atomic mass is 9.98. The molecule has 1 fully saturated rings. The molecular formula is C28H25F4N5O5. The zero-order valence-corrected chi connectivity index (χ0v) is 22.2. The Bertz CT molecular complexity index is 1610. The summed E-state index contributed by atoms with van der Waals surface area (Å²) in [6.45, 7) is 3.39. The second kappa shape index (κ2) is 11.4. The van der Waals surface area contributed by atoms with Gasteiger partial charge in [0.1, 0.15) is 6.10 Å². The molecule has 0 aliphatic carbocycles. The van der Waals surface area contributed by atoms with Crippen LogP contribution in [-0.4, -0.2) is 61.0 Å². The number of halogens is 4. The van der Waals surface area contributed by atoms with E-state index in [2.05, 4.69) is 20.3 Å². The summed E-state index contributed by atoms with van der Waals surface area (Å²) in [4.78, 5) is 36.0. The van der Waals surface area contributed by atoms with E-state index < -0.39 is 48.5 Å². The van der Waals surface area contributed by atoms with Gasteiger partial charge in [-0.05, 0) is 37.6 Å². The van der Waals surface area contributed by atoms with Crippen LogP contribution in [0.1, 0.15) is 52.2 Å². The summed E-state index contributed by atoms with van der Waals surface area (Å²) in [5.41, 5.74) is -0.0481. The van der Waals surface area contributed by atoms with Gasteiger partial charge in [-0.15, -0.1) is 0 Å². The van der Waals surface area contributed by atoms with Gasteiger partial charge < -0.3 is 19.9 Å². The number of benzene rings is 2. The lowest BCUT2D eigenvalue weighted by Gasteiger charge is -2.20. The zero-order valence-electron chi connectivity index (χ0n) is 22.2. The molecule has 4 atom stereocenters. The molecule has 2 N–H and O–H groups in total. The van der Waals surface area contributed by atoms with Crippen LogP contribution < -0.4 is 5.32 Å². The number of carboxylic acids is 1. The third kappa shape index (κ3) is 5.75. The van der Waals surface area contributed by atoms with E-state index in [4.69, 9.17) is 9.47 Å². The highest BCUT2D eigenvalue weighted by Gasteiger charge is 2.49. The molecule has 220 valence electrons. The second-order valence-electron chi connectivity index (χ2n) is 9.93. The van der Waals surface area contributed by atoms with Gasteiger partial charge in [0.25, 0.3) is 0 Å². The molecule has 42 heavy (non-hydrogen) atoms. The number of imidazole rings is 1. The van der Waals surface area contributed by atoms with Crippen LogP contribution >= 0.6 is 0 Å². The number of nitrogens with zero attached hydrogens (tertiary/aromatic N) is 4. The number of hydrogen-bond donors (Lipinski definition) is 2. The molecule has 0 spiro atoms. The quantitative estimate of drug-likeness (QED) is 0.215. The molecule has 0 unspecified atom stereocenters. The number of nitrogens with one attached hydrogen (secondary N) is 1. The predicted octanol–water partition coefficient (Wildman–Crippen LogP) is 5.07. The maximum Gasteiger partial charge on any atom is 0.451 e. The van der Waals surface area contributed by atoms with E-state index in [1.54, 1.807) is 38.1 Å². The lowest BCUT2D eigenvalue weighted by Crippen LogP contribution is -2.35. The van der Waals surface area contributed by atoms with E-state index in [-0.39, 0.29) is 46.1 Å². The van der Waals surface area contributed by atoms with Gasteiger partial charge in [0.15, 0.2) is 35.5 Å². The van der Waals surface area contributed by atoms with Crippen molar-refractivity contribution in [3.63, 3.8) is 0 Å². The Balaban J connectivity index is 1.56. The van der Waals surface area contributed by atoms with Crippen LogP contribution in [0.3, 0.4) is 0 Å². The summed E-state index contributed by atoms with van der Waals surface area (Å²) in [5, 5.41) is 12.4. The van der Waals surface area contributed by atoms with Gasteiger partial charge in [-0.1, -0.05) is 36.4 Å². The number of anilines is 1. The molecule has 3 heterocycles. The molecular weight excluding hydrogens is 562 g/mol. The topological polar surface area (TPSA) is 128 Å². The predicted molar refractivity (Wildman–Crippen MR) is 141 cm³/mol. The molecule has 14 heteroatoms. The number of carbonyl (C=O) groups excluding carboxylic acids is 1. The number of esters is 1. The summed E-state index contributed by atoms with van der Waals surface area (Å²) in [5.74, 6) is -3.75. The third-order valence-electron chi connectivity index (χ3n) is 6.56. The van der Waals surface area contributed by atoms with Crippen molar-refractivity contribution >= 4 is 28.9 Å². The van der Waals surface area contributed by atoms with Crippen LogP contribution in [0.15, 0.2) is 60.9 Å². The fourth-order valence-electron chi connectivity index (χ4n) is 4.72. The molecule has 1 aliphatic heterocycles. The van der Waals surface area contributed by atoms with Gasteiger partial charge >= 0.3 is 18.1 Å². The third-order valence-corrected chi connectivity index (χ3v) is 6.56. The van der Waals surface area contributed by atoms with E-state index >= 15 is 4.39 Å².